The predicted molar refractivity (Wildman–Crippen MR) is 72.5 cm³/mol. The van der Waals surface area contributed by atoms with Crippen molar-refractivity contribution in [1.82, 2.24) is 0 Å². The summed E-state index contributed by atoms with van der Waals surface area (Å²) in [7, 11) is -4.51. The van der Waals surface area contributed by atoms with E-state index in [1.807, 2.05) is 0 Å². The highest BCUT2D eigenvalue weighted by molar-refractivity contribution is 6.59. The molecule has 0 N–H and O–H groups in total. The summed E-state index contributed by atoms with van der Waals surface area (Å²) in [6.45, 7) is 7.82. The molecule has 0 amide bonds. The highest BCUT2D eigenvalue weighted by Crippen LogP contribution is 2.18. The summed E-state index contributed by atoms with van der Waals surface area (Å²) in [4.78, 5) is 44.8. The largest absolute Gasteiger partial charge is 0.901 e. The Morgan fingerprint density at radius 1 is 1.00 bits per heavy atom. The zero-order valence-corrected chi connectivity index (χ0v) is 13.7. The third-order valence-electron chi connectivity index (χ3n) is 1.83. The molecule has 1 atom stereocenters. The molecule has 0 aliphatic heterocycles. The highest BCUT2D eigenvalue weighted by Gasteiger charge is 2.59. The molecule has 0 aromatic heterocycles. The van der Waals surface area contributed by atoms with E-state index >= 15 is 0 Å². The Hall–Kier alpha value is -2.20. The lowest BCUT2D eigenvalue weighted by molar-refractivity contribution is -0.179. The Morgan fingerprint density at radius 2 is 1.41 bits per heavy atom. The second-order valence-electron chi connectivity index (χ2n) is 3.88. The van der Waals surface area contributed by atoms with Crippen molar-refractivity contribution in [2.75, 3.05) is 0 Å². The van der Waals surface area contributed by atoms with Crippen LogP contribution in [0.15, 0.2) is 12.7 Å². The van der Waals surface area contributed by atoms with Crippen LogP contribution in [0, 0.1) is 0 Å². The van der Waals surface area contributed by atoms with Gasteiger partial charge in [0.15, 0.2) is 0 Å². The average Bonchev–Trinajstić information content (AvgIpc) is 2.34. The van der Waals surface area contributed by atoms with E-state index in [1.165, 1.54) is 0 Å². The molecule has 0 aliphatic rings. The van der Waals surface area contributed by atoms with Crippen molar-refractivity contribution in [2.45, 2.75) is 40.4 Å². The molecule has 0 bridgehead atoms. The van der Waals surface area contributed by atoms with Gasteiger partial charge in [0.2, 0.25) is 6.29 Å². The lowest BCUT2D eigenvalue weighted by Gasteiger charge is -2.27. The van der Waals surface area contributed by atoms with Gasteiger partial charge in [0.25, 0.3) is 17.9 Å². The van der Waals surface area contributed by atoms with Crippen LogP contribution in [0.2, 0.25) is 0 Å². The smallest absolute Gasteiger partial charge is 0.433 e. The van der Waals surface area contributed by atoms with Gasteiger partial charge in [0.1, 0.15) is 0 Å². The molecule has 0 heterocycles. The van der Waals surface area contributed by atoms with E-state index in [0.29, 0.717) is 0 Å². The Morgan fingerprint density at radius 3 is 1.68 bits per heavy atom. The molecule has 0 saturated heterocycles. The average molecular weight is 334 g/mol. The molecule has 9 nitrogen and oxygen atoms in total. The normalized spacial score (nSPS) is 11.8. The van der Waals surface area contributed by atoms with Crippen molar-refractivity contribution < 1.29 is 41.6 Å². The van der Waals surface area contributed by atoms with E-state index in [4.69, 9.17) is 22.4 Å². The van der Waals surface area contributed by atoms with Gasteiger partial charge in [-0.05, 0) is 0 Å². The van der Waals surface area contributed by atoms with E-state index in [0.717, 1.165) is 26.8 Å². The topological polar surface area (TPSA) is 114 Å². The number of ether oxygens (including phenoxy) is 1. The van der Waals surface area contributed by atoms with Crippen LogP contribution in [0.1, 0.15) is 34.1 Å². The second-order valence-corrected chi connectivity index (χ2v) is 5.73. The summed E-state index contributed by atoms with van der Waals surface area (Å²) in [6, 6.07) is 0. The minimum atomic E-state index is -4.51. The van der Waals surface area contributed by atoms with Crippen LogP contribution in [0.25, 0.3) is 0 Å². The van der Waals surface area contributed by atoms with Gasteiger partial charge < -0.3 is 18.0 Å². The van der Waals surface area contributed by atoms with Crippen LogP contribution >= 0.6 is 0 Å². The van der Waals surface area contributed by atoms with Gasteiger partial charge >= 0.3 is 15.0 Å². The van der Waals surface area contributed by atoms with Gasteiger partial charge in [-0.25, -0.2) is 4.79 Å². The molecular weight excluding hydrogens is 316 g/mol. The summed E-state index contributed by atoms with van der Waals surface area (Å²) in [5, 5.41) is 0. The standard InChI is InChI=1S/C12H18O9Si/c1-6-11(16)17-12(7-2)21-22(18-8(3)13,19-9(4)14)20-10(5)15/h6,12H,1,7H2,2-5H3. The molecule has 0 aromatic carbocycles. The number of esters is 1. The van der Waals surface area contributed by atoms with Crippen molar-refractivity contribution in [3.63, 3.8) is 0 Å². The third-order valence-corrected chi connectivity index (χ3v) is 3.99. The summed E-state index contributed by atoms with van der Waals surface area (Å²) in [5.74, 6) is -3.53. The van der Waals surface area contributed by atoms with Crippen molar-refractivity contribution in [2.24, 2.45) is 0 Å². The lowest BCUT2D eigenvalue weighted by Crippen LogP contribution is -2.54. The van der Waals surface area contributed by atoms with E-state index in [-0.39, 0.29) is 6.42 Å². The highest BCUT2D eigenvalue weighted by atomic mass is 28.4. The summed E-state index contributed by atoms with van der Waals surface area (Å²) >= 11 is 0. The van der Waals surface area contributed by atoms with Crippen LogP contribution in [-0.4, -0.2) is 39.2 Å². The molecule has 0 aromatic rings. The third kappa shape index (κ3) is 7.55. The van der Waals surface area contributed by atoms with Crippen molar-refractivity contribution >= 4 is 32.9 Å². The Balaban J connectivity index is 5.42. The first-order valence-electron chi connectivity index (χ1n) is 6.23. The Bertz CT molecular complexity index is 419. The van der Waals surface area contributed by atoms with E-state index in [2.05, 4.69) is 6.58 Å². The SMILES string of the molecule is C=CC(=O)OC(CC)O[Si](OC(C)=O)(OC(C)=O)OC(C)=O. The van der Waals surface area contributed by atoms with Crippen LogP contribution in [0.5, 0.6) is 0 Å². The predicted octanol–water partition coefficient (Wildman–Crippen LogP) is 0.593. The summed E-state index contributed by atoms with van der Waals surface area (Å²) < 4.78 is 24.4. The molecule has 0 rings (SSSR count). The maximum Gasteiger partial charge on any atom is 0.901 e. The van der Waals surface area contributed by atoms with Crippen LogP contribution in [0.4, 0.5) is 0 Å². The monoisotopic (exact) mass is 334 g/mol. The molecule has 0 saturated carbocycles. The quantitative estimate of drug-likeness (QED) is 0.272. The van der Waals surface area contributed by atoms with E-state index in [9.17, 15) is 19.2 Å². The number of hydrogen-bond acceptors (Lipinski definition) is 9. The first-order chi connectivity index (χ1) is 10.1. The molecule has 0 radical (unpaired) electrons. The maximum atomic E-state index is 11.2. The number of hydrogen-bond donors (Lipinski definition) is 0. The Labute approximate surface area is 128 Å². The molecule has 10 heteroatoms. The Kier molecular flexibility index (Phi) is 8.05. The number of carbonyl (C=O) groups is 4. The fraction of sp³-hybridized carbons (Fsp3) is 0.500. The van der Waals surface area contributed by atoms with Gasteiger partial charge in [-0.3, -0.25) is 18.8 Å². The lowest BCUT2D eigenvalue weighted by atomic mass is 10.5. The minimum Gasteiger partial charge on any atom is -0.433 e. The second kappa shape index (κ2) is 8.95. The zero-order valence-electron chi connectivity index (χ0n) is 12.7. The van der Waals surface area contributed by atoms with Crippen LogP contribution in [0.3, 0.4) is 0 Å². The molecule has 0 fully saturated rings. The number of rotatable bonds is 8. The van der Waals surface area contributed by atoms with Gasteiger partial charge in [-0.15, -0.1) is 0 Å². The molecule has 1 unspecified atom stereocenters. The van der Waals surface area contributed by atoms with Crippen LogP contribution < -0.4 is 0 Å². The van der Waals surface area contributed by atoms with Gasteiger partial charge in [0.05, 0.1) is 0 Å². The van der Waals surface area contributed by atoms with Gasteiger partial charge in [0, 0.05) is 33.3 Å². The fourth-order valence-electron chi connectivity index (χ4n) is 1.19. The minimum absolute atomic E-state index is 0.109. The van der Waals surface area contributed by atoms with E-state index < -0.39 is 39.2 Å². The van der Waals surface area contributed by atoms with Crippen molar-refractivity contribution in [3.05, 3.63) is 12.7 Å². The van der Waals surface area contributed by atoms with Crippen molar-refractivity contribution in [1.29, 1.82) is 0 Å². The first-order valence-corrected chi connectivity index (χ1v) is 7.87. The first kappa shape index (κ1) is 19.8. The summed E-state index contributed by atoms with van der Waals surface area (Å²) in [6.07, 6.45) is -0.271. The van der Waals surface area contributed by atoms with Gasteiger partial charge in [-0.2, -0.15) is 0 Å². The molecule has 0 spiro atoms. The molecule has 0 aliphatic carbocycles. The van der Waals surface area contributed by atoms with Gasteiger partial charge in [-0.1, -0.05) is 13.5 Å². The fourth-order valence-corrected chi connectivity index (χ4v) is 3.05. The molecule has 124 valence electrons. The maximum absolute atomic E-state index is 11.2. The molecule has 22 heavy (non-hydrogen) atoms. The molecular formula is C12H18O9Si. The van der Waals surface area contributed by atoms with Crippen LogP contribution in [-0.2, 0) is 41.6 Å². The summed E-state index contributed by atoms with van der Waals surface area (Å²) in [5.41, 5.74) is 0. The van der Waals surface area contributed by atoms with E-state index in [1.54, 1.807) is 6.92 Å². The number of carbonyl (C=O) groups excluding carboxylic acids is 4. The zero-order chi connectivity index (χ0) is 17.3. The van der Waals surface area contributed by atoms with Crippen molar-refractivity contribution in [3.8, 4) is 0 Å².